The van der Waals surface area contributed by atoms with Gasteiger partial charge in [-0.2, -0.15) is 0 Å². The smallest absolute Gasteiger partial charge is 0.131 e. The maximum absolute atomic E-state index is 13.8. The minimum absolute atomic E-state index is 0.102. The van der Waals surface area contributed by atoms with E-state index in [9.17, 15) is 13.2 Å². The zero-order valence-electron chi connectivity index (χ0n) is 8.38. The fourth-order valence-electron chi connectivity index (χ4n) is 1.94. The van der Waals surface area contributed by atoms with E-state index in [1.54, 1.807) is 0 Å². The second-order valence-electron chi connectivity index (χ2n) is 4.09. The molecule has 1 aromatic rings. The molecule has 1 nitrogen and oxygen atoms in total. The van der Waals surface area contributed by atoms with E-state index in [-0.39, 0.29) is 11.5 Å². The van der Waals surface area contributed by atoms with E-state index in [1.807, 2.05) is 11.9 Å². The SMILES string of the molecule is CN1CC(C(F)c2cc(F)cc(F)c2)C1. The summed E-state index contributed by atoms with van der Waals surface area (Å²) in [6, 6.07) is 2.88. The van der Waals surface area contributed by atoms with Gasteiger partial charge in [-0.05, 0) is 24.7 Å². The summed E-state index contributed by atoms with van der Waals surface area (Å²) >= 11 is 0. The molecule has 1 aromatic carbocycles. The molecule has 0 aromatic heterocycles. The third-order valence-electron chi connectivity index (χ3n) is 2.71. The lowest BCUT2D eigenvalue weighted by Gasteiger charge is -2.38. The summed E-state index contributed by atoms with van der Waals surface area (Å²) in [5.74, 6) is -1.59. The van der Waals surface area contributed by atoms with Crippen LogP contribution in [-0.2, 0) is 0 Å². The van der Waals surface area contributed by atoms with E-state index in [0.29, 0.717) is 13.1 Å². The van der Waals surface area contributed by atoms with Crippen LogP contribution in [0, 0.1) is 17.6 Å². The summed E-state index contributed by atoms with van der Waals surface area (Å²) in [7, 11) is 1.88. The van der Waals surface area contributed by atoms with Crippen molar-refractivity contribution < 1.29 is 13.2 Å². The standard InChI is InChI=1S/C11H12F3N/c1-15-5-8(6-15)11(14)7-2-9(12)4-10(13)3-7/h2-4,8,11H,5-6H2,1H3. The van der Waals surface area contributed by atoms with Gasteiger partial charge in [0.05, 0.1) is 0 Å². The molecule has 2 rings (SSSR count). The van der Waals surface area contributed by atoms with E-state index in [1.165, 1.54) is 0 Å². The molecule has 1 saturated heterocycles. The van der Waals surface area contributed by atoms with Crippen LogP contribution in [0.3, 0.4) is 0 Å². The summed E-state index contributed by atoms with van der Waals surface area (Å²) in [6.45, 7) is 1.28. The number of halogens is 3. The highest BCUT2D eigenvalue weighted by Gasteiger charge is 2.32. The van der Waals surface area contributed by atoms with Gasteiger partial charge in [0.15, 0.2) is 0 Å². The summed E-state index contributed by atoms with van der Waals surface area (Å²) in [5, 5.41) is 0. The van der Waals surface area contributed by atoms with Crippen LogP contribution in [0.4, 0.5) is 13.2 Å². The normalized spacial score (nSPS) is 20.0. The van der Waals surface area contributed by atoms with Gasteiger partial charge in [-0.25, -0.2) is 13.2 Å². The van der Waals surface area contributed by atoms with Gasteiger partial charge >= 0.3 is 0 Å². The Bertz CT molecular complexity index is 341. The van der Waals surface area contributed by atoms with Crippen molar-refractivity contribution in [2.75, 3.05) is 20.1 Å². The zero-order valence-corrected chi connectivity index (χ0v) is 8.38. The summed E-state index contributed by atoms with van der Waals surface area (Å²) < 4.78 is 39.4. The second kappa shape index (κ2) is 3.85. The lowest BCUT2D eigenvalue weighted by Crippen LogP contribution is -2.45. The average Bonchev–Trinajstić information content (AvgIpc) is 2.10. The third kappa shape index (κ3) is 2.15. The Morgan fingerprint density at radius 2 is 1.73 bits per heavy atom. The van der Waals surface area contributed by atoms with Crippen molar-refractivity contribution in [3.05, 3.63) is 35.4 Å². The minimum atomic E-state index is -1.27. The molecule has 1 atom stereocenters. The Labute approximate surface area is 86.5 Å². The van der Waals surface area contributed by atoms with Crippen LogP contribution in [0.25, 0.3) is 0 Å². The number of rotatable bonds is 2. The first-order chi connectivity index (χ1) is 7.06. The Kier molecular flexibility index (Phi) is 2.69. The maximum atomic E-state index is 13.8. The first-order valence-corrected chi connectivity index (χ1v) is 4.85. The van der Waals surface area contributed by atoms with Gasteiger partial charge in [-0.15, -0.1) is 0 Å². The Hall–Kier alpha value is -1.03. The van der Waals surface area contributed by atoms with E-state index < -0.39 is 17.8 Å². The third-order valence-corrected chi connectivity index (χ3v) is 2.71. The maximum Gasteiger partial charge on any atom is 0.131 e. The molecule has 0 saturated carbocycles. The average molecular weight is 215 g/mol. The molecule has 1 fully saturated rings. The molecule has 0 amide bonds. The molecular weight excluding hydrogens is 203 g/mol. The molecule has 82 valence electrons. The number of alkyl halides is 1. The molecule has 0 spiro atoms. The molecule has 15 heavy (non-hydrogen) atoms. The van der Waals surface area contributed by atoms with Gasteiger partial charge in [-0.1, -0.05) is 0 Å². The highest BCUT2D eigenvalue weighted by molar-refractivity contribution is 5.21. The fourth-order valence-corrected chi connectivity index (χ4v) is 1.94. The number of hydrogen-bond acceptors (Lipinski definition) is 1. The number of hydrogen-bond donors (Lipinski definition) is 0. The number of likely N-dealkylation sites (tertiary alicyclic amines) is 1. The van der Waals surface area contributed by atoms with Crippen LogP contribution in [0.15, 0.2) is 18.2 Å². The van der Waals surface area contributed by atoms with Gasteiger partial charge in [0.25, 0.3) is 0 Å². The van der Waals surface area contributed by atoms with Crippen molar-refractivity contribution >= 4 is 0 Å². The van der Waals surface area contributed by atoms with Gasteiger partial charge in [-0.3, -0.25) is 0 Å². The largest absolute Gasteiger partial charge is 0.305 e. The van der Waals surface area contributed by atoms with E-state index in [2.05, 4.69) is 0 Å². The molecule has 4 heteroatoms. The first-order valence-electron chi connectivity index (χ1n) is 4.85. The first kappa shape index (κ1) is 10.5. The van der Waals surface area contributed by atoms with Gasteiger partial charge in [0.2, 0.25) is 0 Å². The lowest BCUT2D eigenvalue weighted by molar-refractivity contribution is 0.0593. The Morgan fingerprint density at radius 1 is 1.20 bits per heavy atom. The van der Waals surface area contributed by atoms with Crippen LogP contribution in [0.2, 0.25) is 0 Å². The lowest BCUT2D eigenvalue weighted by atomic mass is 9.91. The van der Waals surface area contributed by atoms with Gasteiger partial charge < -0.3 is 4.90 Å². The van der Waals surface area contributed by atoms with Crippen LogP contribution in [0.1, 0.15) is 11.7 Å². The van der Waals surface area contributed by atoms with E-state index in [4.69, 9.17) is 0 Å². The molecular formula is C11H12F3N. The molecule has 1 unspecified atom stereocenters. The van der Waals surface area contributed by atoms with Crippen LogP contribution >= 0.6 is 0 Å². The zero-order chi connectivity index (χ0) is 11.0. The van der Waals surface area contributed by atoms with Crippen molar-refractivity contribution in [3.8, 4) is 0 Å². The van der Waals surface area contributed by atoms with Gasteiger partial charge in [0.1, 0.15) is 17.8 Å². The van der Waals surface area contributed by atoms with Crippen molar-refractivity contribution in [1.29, 1.82) is 0 Å². The fraction of sp³-hybridized carbons (Fsp3) is 0.455. The monoisotopic (exact) mass is 215 g/mol. The highest BCUT2D eigenvalue weighted by Crippen LogP contribution is 2.32. The Morgan fingerprint density at radius 3 is 2.20 bits per heavy atom. The summed E-state index contributed by atoms with van der Waals surface area (Å²) in [6.07, 6.45) is -1.27. The topological polar surface area (TPSA) is 3.24 Å². The molecule has 0 bridgehead atoms. The molecule has 1 aliphatic rings. The van der Waals surface area contributed by atoms with Crippen molar-refractivity contribution in [1.82, 2.24) is 4.90 Å². The van der Waals surface area contributed by atoms with Crippen molar-refractivity contribution in [2.24, 2.45) is 5.92 Å². The molecule has 0 aliphatic carbocycles. The predicted molar refractivity (Wildman–Crippen MR) is 51.2 cm³/mol. The van der Waals surface area contributed by atoms with Crippen LogP contribution in [0.5, 0.6) is 0 Å². The second-order valence-corrected chi connectivity index (χ2v) is 4.09. The predicted octanol–water partition coefficient (Wildman–Crippen LogP) is 2.54. The van der Waals surface area contributed by atoms with E-state index in [0.717, 1.165) is 18.2 Å². The molecule has 0 radical (unpaired) electrons. The van der Waals surface area contributed by atoms with E-state index >= 15 is 0 Å². The summed E-state index contributed by atoms with van der Waals surface area (Å²) in [4.78, 5) is 1.97. The van der Waals surface area contributed by atoms with Crippen LogP contribution < -0.4 is 0 Å². The van der Waals surface area contributed by atoms with Crippen molar-refractivity contribution in [2.45, 2.75) is 6.17 Å². The quantitative estimate of drug-likeness (QED) is 0.732. The molecule has 0 N–H and O–H groups in total. The minimum Gasteiger partial charge on any atom is -0.305 e. The Balaban J connectivity index is 2.14. The van der Waals surface area contributed by atoms with Crippen molar-refractivity contribution in [3.63, 3.8) is 0 Å². The molecule has 1 aliphatic heterocycles. The van der Waals surface area contributed by atoms with Crippen LogP contribution in [-0.4, -0.2) is 25.0 Å². The highest BCUT2D eigenvalue weighted by atomic mass is 19.1. The number of nitrogens with zero attached hydrogens (tertiary/aromatic N) is 1. The van der Waals surface area contributed by atoms with Gasteiger partial charge in [0, 0.05) is 25.1 Å². The molecule has 1 heterocycles. The summed E-state index contributed by atoms with van der Waals surface area (Å²) in [5.41, 5.74) is 0.102. The number of benzene rings is 1.